The van der Waals surface area contributed by atoms with E-state index in [2.05, 4.69) is 5.32 Å². The minimum Gasteiger partial charge on any atom is -0.300 e. The molecule has 1 nitrogen and oxygen atoms in total. The second kappa shape index (κ2) is 2.90. The maximum absolute atomic E-state index is 5.77. The molecule has 1 rings (SSSR count). The van der Waals surface area contributed by atoms with Crippen LogP contribution in [0.3, 0.4) is 0 Å². The van der Waals surface area contributed by atoms with Crippen LogP contribution in [-0.4, -0.2) is 17.4 Å². The Morgan fingerprint density at radius 2 is 2.12 bits per heavy atom. The number of hydrogen-bond acceptors (Lipinski definition) is 1. The van der Waals surface area contributed by atoms with Crippen molar-refractivity contribution in [1.82, 2.24) is 5.32 Å². The Kier molecular flexibility index (Phi) is 2.42. The summed E-state index contributed by atoms with van der Waals surface area (Å²) < 4.78 is 0. The molecule has 1 aliphatic heterocycles. The number of hydrogen-bond donors (Lipinski definition) is 1. The zero-order valence-corrected chi connectivity index (χ0v) is 6.04. The highest BCUT2D eigenvalue weighted by Crippen LogP contribution is 2.16. The highest BCUT2D eigenvalue weighted by atomic mass is 35.5. The summed E-state index contributed by atoms with van der Waals surface area (Å²) in [4.78, 5) is 0. The summed E-state index contributed by atoms with van der Waals surface area (Å²) in [5.41, 5.74) is -0.00887. The SMILES string of the molecule is ClC1CCCNC1Cl. The van der Waals surface area contributed by atoms with Crippen molar-refractivity contribution in [2.24, 2.45) is 0 Å². The Morgan fingerprint density at radius 1 is 1.38 bits per heavy atom. The Labute approximate surface area is 59.3 Å². The largest absolute Gasteiger partial charge is 0.300 e. The zero-order chi connectivity index (χ0) is 5.98. The van der Waals surface area contributed by atoms with Crippen molar-refractivity contribution in [1.29, 1.82) is 0 Å². The molecule has 1 saturated heterocycles. The third-order valence-electron chi connectivity index (χ3n) is 1.31. The Bertz CT molecular complexity index is 66.8. The van der Waals surface area contributed by atoms with E-state index in [0.717, 1.165) is 19.4 Å². The lowest BCUT2D eigenvalue weighted by Crippen LogP contribution is -2.37. The molecule has 2 unspecified atom stereocenters. The van der Waals surface area contributed by atoms with Gasteiger partial charge < -0.3 is 5.32 Å². The molecule has 2 atom stereocenters. The molecule has 0 bridgehead atoms. The molecule has 48 valence electrons. The van der Waals surface area contributed by atoms with Gasteiger partial charge in [-0.2, -0.15) is 0 Å². The Balaban J connectivity index is 2.28. The van der Waals surface area contributed by atoms with Crippen molar-refractivity contribution >= 4 is 23.2 Å². The first kappa shape index (κ1) is 6.66. The second-order valence-corrected chi connectivity index (χ2v) is 3.04. The van der Waals surface area contributed by atoms with Crippen molar-refractivity contribution < 1.29 is 0 Å². The monoisotopic (exact) mass is 153 g/mol. The first-order valence-electron chi connectivity index (χ1n) is 2.82. The molecule has 0 aromatic heterocycles. The van der Waals surface area contributed by atoms with Gasteiger partial charge >= 0.3 is 0 Å². The summed E-state index contributed by atoms with van der Waals surface area (Å²) in [6, 6.07) is 0. The summed E-state index contributed by atoms with van der Waals surface area (Å²) in [5.74, 6) is 0. The molecule has 1 heterocycles. The van der Waals surface area contributed by atoms with Crippen molar-refractivity contribution in [3.05, 3.63) is 0 Å². The first-order valence-corrected chi connectivity index (χ1v) is 3.69. The lowest BCUT2D eigenvalue weighted by molar-refractivity contribution is 0.492. The van der Waals surface area contributed by atoms with Gasteiger partial charge in [0.1, 0.15) is 0 Å². The number of nitrogens with one attached hydrogen (secondary N) is 1. The molecule has 0 aromatic rings. The van der Waals surface area contributed by atoms with E-state index >= 15 is 0 Å². The van der Waals surface area contributed by atoms with Crippen LogP contribution in [0.2, 0.25) is 0 Å². The van der Waals surface area contributed by atoms with Crippen molar-refractivity contribution in [2.45, 2.75) is 23.7 Å². The number of piperidine rings is 1. The molecule has 3 heteroatoms. The van der Waals surface area contributed by atoms with Crippen LogP contribution in [0.1, 0.15) is 12.8 Å². The van der Waals surface area contributed by atoms with Gasteiger partial charge in [-0.15, -0.1) is 23.2 Å². The smallest absolute Gasteiger partial charge is 0.0991 e. The fourth-order valence-corrected chi connectivity index (χ4v) is 1.29. The normalized spacial score (nSPS) is 39.8. The topological polar surface area (TPSA) is 12.0 Å². The molecule has 0 spiro atoms. The molecule has 0 saturated carbocycles. The fraction of sp³-hybridized carbons (Fsp3) is 1.00. The van der Waals surface area contributed by atoms with E-state index in [0.29, 0.717) is 0 Å². The van der Waals surface area contributed by atoms with E-state index in [1.807, 2.05) is 0 Å². The second-order valence-electron chi connectivity index (χ2n) is 2.01. The van der Waals surface area contributed by atoms with Gasteiger partial charge in [0.15, 0.2) is 0 Å². The molecule has 1 fully saturated rings. The first-order chi connectivity index (χ1) is 3.80. The van der Waals surface area contributed by atoms with Gasteiger partial charge in [0.05, 0.1) is 10.9 Å². The summed E-state index contributed by atoms with van der Waals surface area (Å²) in [7, 11) is 0. The number of halogens is 2. The molecule has 0 aliphatic carbocycles. The van der Waals surface area contributed by atoms with E-state index in [1.54, 1.807) is 0 Å². The predicted molar refractivity (Wildman–Crippen MR) is 36.5 cm³/mol. The van der Waals surface area contributed by atoms with Crippen molar-refractivity contribution in [3.8, 4) is 0 Å². The fourth-order valence-electron chi connectivity index (χ4n) is 0.811. The van der Waals surface area contributed by atoms with Crippen molar-refractivity contribution in [3.63, 3.8) is 0 Å². The van der Waals surface area contributed by atoms with Crippen molar-refractivity contribution in [2.75, 3.05) is 6.54 Å². The predicted octanol–water partition coefficient (Wildman–Crippen LogP) is 1.54. The van der Waals surface area contributed by atoms with E-state index < -0.39 is 0 Å². The average molecular weight is 154 g/mol. The van der Waals surface area contributed by atoms with E-state index in [4.69, 9.17) is 23.2 Å². The lowest BCUT2D eigenvalue weighted by atomic mass is 10.2. The van der Waals surface area contributed by atoms with Crippen LogP contribution < -0.4 is 5.32 Å². The molecule has 1 aliphatic rings. The number of rotatable bonds is 0. The third-order valence-corrected chi connectivity index (χ3v) is 2.37. The maximum Gasteiger partial charge on any atom is 0.0991 e. The van der Waals surface area contributed by atoms with Crippen LogP contribution in [-0.2, 0) is 0 Å². The quantitative estimate of drug-likeness (QED) is 0.412. The van der Waals surface area contributed by atoms with Gasteiger partial charge in [-0.1, -0.05) is 0 Å². The summed E-state index contributed by atoms with van der Waals surface area (Å²) in [5, 5.41) is 3.20. The zero-order valence-electron chi connectivity index (χ0n) is 4.53. The van der Waals surface area contributed by atoms with Crippen LogP contribution in [0.4, 0.5) is 0 Å². The average Bonchev–Trinajstić information content (AvgIpc) is 1.77. The van der Waals surface area contributed by atoms with Gasteiger partial charge in [-0.25, -0.2) is 0 Å². The van der Waals surface area contributed by atoms with Gasteiger partial charge in [-0.3, -0.25) is 0 Å². The van der Waals surface area contributed by atoms with Gasteiger partial charge in [0.25, 0.3) is 0 Å². The van der Waals surface area contributed by atoms with Gasteiger partial charge in [-0.05, 0) is 19.4 Å². The summed E-state index contributed by atoms with van der Waals surface area (Å²) >= 11 is 11.5. The number of alkyl halides is 2. The molecule has 1 N–H and O–H groups in total. The highest BCUT2D eigenvalue weighted by molar-refractivity contribution is 6.29. The Morgan fingerprint density at radius 3 is 2.50 bits per heavy atom. The maximum atomic E-state index is 5.77. The Hall–Kier alpha value is 0.540. The third kappa shape index (κ3) is 1.51. The van der Waals surface area contributed by atoms with Crippen LogP contribution in [0, 0.1) is 0 Å². The molecule has 0 radical (unpaired) electrons. The summed E-state index contributed by atoms with van der Waals surface area (Å²) in [6.45, 7) is 1.01. The standard InChI is InChI=1S/C5H9Cl2N/c6-4-2-1-3-8-5(4)7/h4-5,8H,1-3H2. The van der Waals surface area contributed by atoms with Gasteiger partial charge in [0, 0.05) is 0 Å². The van der Waals surface area contributed by atoms with Crippen LogP contribution in [0.5, 0.6) is 0 Å². The van der Waals surface area contributed by atoms with E-state index in [9.17, 15) is 0 Å². The van der Waals surface area contributed by atoms with E-state index in [1.165, 1.54) is 0 Å². The molecule has 0 aromatic carbocycles. The molecule has 0 amide bonds. The van der Waals surface area contributed by atoms with Crippen LogP contribution in [0.15, 0.2) is 0 Å². The van der Waals surface area contributed by atoms with Crippen LogP contribution in [0.25, 0.3) is 0 Å². The molecule has 8 heavy (non-hydrogen) atoms. The molecular formula is C5H9Cl2N. The van der Waals surface area contributed by atoms with Gasteiger partial charge in [0.2, 0.25) is 0 Å². The minimum absolute atomic E-state index is 0.00887. The minimum atomic E-state index is -0.00887. The highest BCUT2D eigenvalue weighted by Gasteiger charge is 2.18. The lowest BCUT2D eigenvalue weighted by Gasteiger charge is -2.22. The van der Waals surface area contributed by atoms with E-state index in [-0.39, 0.29) is 10.9 Å². The summed E-state index contributed by atoms with van der Waals surface area (Å²) in [6.07, 6.45) is 2.19. The van der Waals surface area contributed by atoms with Crippen LogP contribution >= 0.6 is 23.2 Å². The molecular weight excluding hydrogens is 145 g/mol.